The number of nitrogens with zero attached hydrogens (tertiary/aromatic N) is 1. The Balaban J connectivity index is 1.57. The first-order valence-corrected chi connectivity index (χ1v) is 12.9. The molecule has 1 aliphatic heterocycles. The fraction of sp³-hybridized carbons (Fsp3) is 0.111. The van der Waals surface area contributed by atoms with Gasteiger partial charge in [-0.1, -0.05) is 41.4 Å². The molecule has 3 aromatic rings. The number of hydrogen-bond acceptors (Lipinski definition) is 6. The molecule has 200 valence electrons. The Morgan fingerprint density at radius 1 is 1.08 bits per heavy atom. The highest BCUT2D eigenvalue weighted by Crippen LogP contribution is 2.38. The molecule has 0 aliphatic carbocycles. The fourth-order valence-corrected chi connectivity index (χ4v) is 4.55. The second-order valence-electron chi connectivity index (χ2n) is 8.24. The van der Waals surface area contributed by atoms with Crippen molar-refractivity contribution >= 4 is 80.3 Å². The van der Waals surface area contributed by atoms with Gasteiger partial charge < -0.3 is 14.8 Å². The van der Waals surface area contributed by atoms with Crippen LogP contribution in [0.3, 0.4) is 0 Å². The number of urea groups is 1. The summed E-state index contributed by atoms with van der Waals surface area (Å²) in [7, 11) is 1.40. The van der Waals surface area contributed by atoms with E-state index < -0.39 is 17.8 Å². The largest absolute Gasteiger partial charge is 0.493 e. The molecule has 0 unspecified atom stereocenters. The lowest BCUT2D eigenvalue weighted by Crippen LogP contribution is -2.54. The molecular weight excluding hydrogens is 613 g/mol. The Morgan fingerprint density at radius 3 is 2.51 bits per heavy atom. The number of methoxy groups -OCH3 is 1. The number of rotatable bonds is 7. The highest BCUT2D eigenvalue weighted by atomic mass is 79.9. The van der Waals surface area contributed by atoms with Gasteiger partial charge in [0.2, 0.25) is 0 Å². The standard InChI is InChI=1S/C27H20BrCl2N3O6/c1-14-5-3-4-6-21(14)31-23(34)13-39-24-18(28)10-15(11-22(24)38-2)9-17-25(35)32-27(37)33(26(17)36)16-7-8-19(29)20(30)12-16/h3-12H,13H2,1-2H3,(H,31,34)(H,32,35,37)/b17-9-. The van der Waals surface area contributed by atoms with Crippen molar-refractivity contribution in [2.24, 2.45) is 0 Å². The van der Waals surface area contributed by atoms with E-state index in [9.17, 15) is 19.2 Å². The first-order chi connectivity index (χ1) is 18.6. The Hall–Kier alpha value is -3.86. The Labute approximate surface area is 241 Å². The summed E-state index contributed by atoms with van der Waals surface area (Å²) in [6.07, 6.45) is 1.30. The number of carbonyl (C=O) groups is 4. The number of ether oxygens (including phenoxy) is 2. The van der Waals surface area contributed by atoms with E-state index in [1.165, 1.54) is 37.5 Å². The van der Waals surface area contributed by atoms with Crippen LogP contribution in [-0.4, -0.2) is 37.5 Å². The van der Waals surface area contributed by atoms with Crippen molar-refractivity contribution in [3.05, 3.63) is 85.8 Å². The lowest BCUT2D eigenvalue weighted by molar-refractivity contribution is -0.122. The van der Waals surface area contributed by atoms with Gasteiger partial charge in [0.25, 0.3) is 17.7 Å². The van der Waals surface area contributed by atoms with Gasteiger partial charge in [-0.3, -0.25) is 19.7 Å². The van der Waals surface area contributed by atoms with Gasteiger partial charge in [0, 0.05) is 5.69 Å². The zero-order chi connectivity index (χ0) is 28.3. The van der Waals surface area contributed by atoms with E-state index >= 15 is 0 Å². The van der Waals surface area contributed by atoms with Crippen molar-refractivity contribution in [3.8, 4) is 11.5 Å². The Bertz CT molecular complexity index is 1540. The van der Waals surface area contributed by atoms with Crippen molar-refractivity contribution in [1.82, 2.24) is 5.32 Å². The maximum absolute atomic E-state index is 13.2. The van der Waals surface area contributed by atoms with Crippen molar-refractivity contribution < 1.29 is 28.7 Å². The summed E-state index contributed by atoms with van der Waals surface area (Å²) in [5.41, 5.74) is 1.79. The number of barbiturate groups is 1. The van der Waals surface area contributed by atoms with Crippen molar-refractivity contribution in [1.29, 1.82) is 0 Å². The molecule has 1 fully saturated rings. The van der Waals surface area contributed by atoms with Crippen LogP contribution in [0.25, 0.3) is 6.08 Å². The van der Waals surface area contributed by atoms with Crippen LogP contribution in [0.15, 0.2) is 64.6 Å². The summed E-state index contributed by atoms with van der Waals surface area (Å²) >= 11 is 15.4. The minimum Gasteiger partial charge on any atom is -0.493 e. The second-order valence-corrected chi connectivity index (χ2v) is 9.91. The maximum Gasteiger partial charge on any atom is 0.335 e. The van der Waals surface area contributed by atoms with E-state index in [-0.39, 0.29) is 45.3 Å². The maximum atomic E-state index is 13.2. The topological polar surface area (TPSA) is 114 Å². The summed E-state index contributed by atoms with van der Waals surface area (Å²) in [6.45, 7) is 1.58. The third-order valence-electron chi connectivity index (χ3n) is 5.59. The molecule has 1 heterocycles. The van der Waals surface area contributed by atoms with Gasteiger partial charge in [0.15, 0.2) is 18.1 Å². The minimum absolute atomic E-state index is 0.133. The number of imide groups is 2. The highest BCUT2D eigenvalue weighted by Gasteiger charge is 2.37. The van der Waals surface area contributed by atoms with E-state index in [4.69, 9.17) is 32.7 Å². The summed E-state index contributed by atoms with van der Waals surface area (Å²) in [6, 6.07) is 13.7. The smallest absolute Gasteiger partial charge is 0.335 e. The first kappa shape index (κ1) is 28.2. The van der Waals surface area contributed by atoms with Crippen LogP contribution in [0.4, 0.5) is 16.2 Å². The molecule has 12 heteroatoms. The van der Waals surface area contributed by atoms with Crippen LogP contribution in [0.5, 0.6) is 11.5 Å². The number of amides is 5. The molecule has 0 saturated carbocycles. The van der Waals surface area contributed by atoms with Gasteiger partial charge in [-0.15, -0.1) is 0 Å². The molecule has 1 aliphatic rings. The van der Waals surface area contributed by atoms with Gasteiger partial charge in [-0.2, -0.15) is 0 Å². The van der Waals surface area contributed by atoms with E-state index in [0.717, 1.165) is 10.5 Å². The predicted molar refractivity (Wildman–Crippen MR) is 151 cm³/mol. The molecule has 5 amide bonds. The molecule has 0 radical (unpaired) electrons. The lowest BCUT2D eigenvalue weighted by atomic mass is 10.1. The lowest BCUT2D eigenvalue weighted by Gasteiger charge is -2.26. The molecule has 3 aromatic carbocycles. The third-order valence-corrected chi connectivity index (χ3v) is 6.92. The SMILES string of the molecule is COc1cc(/C=C2/C(=O)NC(=O)N(c3ccc(Cl)c(Cl)c3)C2=O)cc(Br)c1OCC(=O)Nc1ccccc1C. The van der Waals surface area contributed by atoms with Crippen molar-refractivity contribution in [2.45, 2.75) is 6.92 Å². The summed E-state index contributed by atoms with van der Waals surface area (Å²) in [5.74, 6) is -1.62. The quantitative estimate of drug-likeness (QED) is 0.253. The van der Waals surface area contributed by atoms with Crippen LogP contribution in [0, 0.1) is 6.92 Å². The van der Waals surface area contributed by atoms with Crippen LogP contribution < -0.4 is 25.0 Å². The summed E-state index contributed by atoms with van der Waals surface area (Å²) in [4.78, 5) is 51.4. The fourth-order valence-electron chi connectivity index (χ4n) is 3.68. The van der Waals surface area contributed by atoms with Crippen LogP contribution in [0.1, 0.15) is 11.1 Å². The van der Waals surface area contributed by atoms with Crippen LogP contribution in [0.2, 0.25) is 10.0 Å². The predicted octanol–water partition coefficient (Wildman–Crippen LogP) is 5.76. The molecule has 0 atom stereocenters. The van der Waals surface area contributed by atoms with Crippen LogP contribution in [-0.2, 0) is 14.4 Å². The monoisotopic (exact) mass is 631 g/mol. The van der Waals surface area contributed by atoms with Gasteiger partial charge in [-0.05, 0) is 76.5 Å². The molecule has 4 rings (SSSR count). The van der Waals surface area contributed by atoms with Crippen LogP contribution >= 0.6 is 39.1 Å². The number of nitrogens with one attached hydrogen (secondary N) is 2. The summed E-state index contributed by atoms with van der Waals surface area (Å²) in [5, 5.41) is 5.30. The van der Waals surface area contributed by atoms with E-state index in [2.05, 4.69) is 26.6 Å². The number of halogens is 3. The number of para-hydroxylation sites is 1. The number of carbonyl (C=O) groups excluding carboxylic acids is 4. The van der Waals surface area contributed by atoms with Gasteiger partial charge in [0.1, 0.15) is 5.57 Å². The van der Waals surface area contributed by atoms with E-state index in [0.29, 0.717) is 15.7 Å². The first-order valence-electron chi connectivity index (χ1n) is 11.3. The summed E-state index contributed by atoms with van der Waals surface area (Å²) < 4.78 is 11.5. The minimum atomic E-state index is -0.924. The normalized spacial score (nSPS) is 14.3. The molecule has 0 spiro atoms. The molecule has 0 bridgehead atoms. The Morgan fingerprint density at radius 2 is 1.82 bits per heavy atom. The molecule has 0 aromatic heterocycles. The van der Waals surface area contributed by atoms with E-state index in [1.54, 1.807) is 12.1 Å². The number of hydrogen-bond donors (Lipinski definition) is 2. The molecule has 2 N–H and O–H groups in total. The third kappa shape index (κ3) is 6.25. The molecule has 9 nitrogen and oxygen atoms in total. The average molecular weight is 633 g/mol. The Kier molecular flexibility index (Phi) is 8.59. The molecule has 1 saturated heterocycles. The number of anilines is 2. The van der Waals surface area contributed by atoms with Crippen molar-refractivity contribution in [2.75, 3.05) is 23.9 Å². The zero-order valence-electron chi connectivity index (χ0n) is 20.5. The number of benzene rings is 3. The molecule has 39 heavy (non-hydrogen) atoms. The zero-order valence-corrected chi connectivity index (χ0v) is 23.6. The van der Waals surface area contributed by atoms with E-state index in [1.807, 2.05) is 25.1 Å². The van der Waals surface area contributed by atoms with Crippen molar-refractivity contribution in [3.63, 3.8) is 0 Å². The van der Waals surface area contributed by atoms with Gasteiger partial charge >= 0.3 is 6.03 Å². The highest BCUT2D eigenvalue weighted by molar-refractivity contribution is 9.10. The van der Waals surface area contributed by atoms with Gasteiger partial charge in [0.05, 0.1) is 27.3 Å². The molecular formula is C27H20BrCl2N3O6. The average Bonchev–Trinajstić information content (AvgIpc) is 2.89. The van der Waals surface area contributed by atoms with Gasteiger partial charge in [-0.25, -0.2) is 9.69 Å². The second kappa shape index (κ2) is 11.9. The number of aryl methyl sites for hydroxylation is 1.